The van der Waals surface area contributed by atoms with Crippen molar-refractivity contribution in [2.75, 3.05) is 10.6 Å². The predicted octanol–water partition coefficient (Wildman–Crippen LogP) is 4.27. The third kappa shape index (κ3) is 4.42. The van der Waals surface area contributed by atoms with Crippen molar-refractivity contribution in [2.45, 2.75) is 52.6 Å². The summed E-state index contributed by atoms with van der Waals surface area (Å²) in [5, 5.41) is 13.3. The number of halogens is 1. The van der Waals surface area contributed by atoms with Crippen LogP contribution in [0.2, 0.25) is 5.02 Å². The molecule has 3 N–H and O–H groups in total. The highest BCUT2D eigenvalue weighted by molar-refractivity contribution is 6.34. The number of aromatic nitrogens is 2. The average Bonchev–Trinajstić information content (AvgIpc) is 3.37. The van der Waals surface area contributed by atoms with Gasteiger partial charge >= 0.3 is 6.03 Å². The standard InChI is InChI=1S/C19H24ClN5O2/c1-10(2)25-12(4)17(11(3)24-25)23-19(27)22-14-7-8-16(20)15(9-14)18(26)21-13-5-6-13/h7-10,13H,5-6H2,1-4H3,(H,21,26)(H2,22,23,27). The van der Waals surface area contributed by atoms with Crippen LogP contribution in [0.5, 0.6) is 0 Å². The molecule has 0 spiro atoms. The lowest BCUT2D eigenvalue weighted by atomic mass is 10.2. The van der Waals surface area contributed by atoms with Crippen molar-refractivity contribution in [3.05, 3.63) is 40.2 Å². The van der Waals surface area contributed by atoms with E-state index in [-0.39, 0.29) is 18.0 Å². The molecule has 0 atom stereocenters. The Morgan fingerprint density at radius 3 is 2.52 bits per heavy atom. The summed E-state index contributed by atoms with van der Waals surface area (Å²) in [4.78, 5) is 24.7. The first-order valence-corrected chi connectivity index (χ1v) is 9.38. The third-order valence-electron chi connectivity index (χ3n) is 4.43. The molecule has 1 aromatic carbocycles. The van der Waals surface area contributed by atoms with Crippen LogP contribution in [0.3, 0.4) is 0 Å². The van der Waals surface area contributed by atoms with Gasteiger partial charge in [-0.3, -0.25) is 9.48 Å². The van der Waals surface area contributed by atoms with Gasteiger partial charge in [0.15, 0.2) is 0 Å². The molecule has 1 fully saturated rings. The Morgan fingerprint density at radius 1 is 1.22 bits per heavy atom. The second-order valence-corrected chi connectivity index (χ2v) is 7.51. The molecular weight excluding hydrogens is 366 g/mol. The van der Waals surface area contributed by atoms with Crippen LogP contribution in [0.4, 0.5) is 16.2 Å². The average molecular weight is 390 g/mol. The van der Waals surface area contributed by atoms with E-state index in [1.54, 1.807) is 18.2 Å². The highest BCUT2D eigenvalue weighted by Crippen LogP contribution is 2.25. The van der Waals surface area contributed by atoms with Crippen LogP contribution in [0.15, 0.2) is 18.2 Å². The first-order valence-electron chi connectivity index (χ1n) is 9.00. The van der Waals surface area contributed by atoms with Gasteiger partial charge in [0.05, 0.1) is 27.7 Å². The molecule has 1 aromatic heterocycles. The topological polar surface area (TPSA) is 88.1 Å². The number of amides is 3. The minimum absolute atomic E-state index is 0.200. The van der Waals surface area contributed by atoms with Gasteiger partial charge in [0.2, 0.25) is 0 Å². The van der Waals surface area contributed by atoms with E-state index >= 15 is 0 Å². The maximum absolute atomic E-state index is 12.4. The van der Waals surface area contributed by atoms with Crippen LogP contribution in [0, 0.1) is 13.8 Å². The van der Waals surface area contributed by atoms with Crippen LogP contribution < -0.4 is 16.0 Å². The van der Waals surface area contributed by atoms with Gasteiger partial charge < -0.3 is 16.0 Å². The van der Waals surface area contributed by atoms with E-state index in [2.05, 4.69) is 21.0 Å². The van der Waals surface area contributed by atoms with Crippen LogP contribution >= 0.6 is 11.6 Å². The first-order chi connectivity index (χ1) is 12.8. The molecule has 144 valence electrons. The zero-order valence-electron chi connectivity index (χ0n) is 15.9. The van der Waals surface area contributed by atoms with Crippen LogP contribution in [0.25, 0.3) is 0 Å². The van der Waals surface area contributed by atoms with Crippen molar-refractivity contribution in [1.82, 2.24) is 15.1 Å². The second kappa shape index (κ2) is 7.60. The van der Waals surface area contributed by atoms with Crippen LogP contribution in [-0.4, -0.2) is 27.8 Å². The van der Waals surface area contributed by atoms with Crippen LogP contribution in [-0.2, 0) is 0 Å². The van der Waals surface area contributed by atoms with E-state index in [1.807, 2.05) is 32.4 Å². The molecule has 7 nitrogen and oxygen atoms in total. The summed E-state index contributed by atoms with van der Waals surface area (Å²) >= 11 is 6.14. The van der Waals surface area contributed by atoms with E-state index in [4.69, 9.17) is 11.6 Å². The number of carbonyl (C=O) groups is 2. The predicted molar refractivity (Wildman–Crippen MR) is 107 cm³/mol. The monoisotopic (exact) mass is 389 g/mol. The number of anilines is 2. The van der Waals surface area contributed by atoms with Gasteiger partial charge in [-0.25, -0.2) is 4.79 Å². The Morgan fingerprint density at radius 2 is 1.93 bits per heavy atom. The molecule has 2 aromatic rings. The number of aryl methyl sites for hydroxylation is 1. The van der Waals surface area contributed by atoms with Gasteiger partial charge in [-0.1, -0.05) is 11.6 Å². The lowest BCUT2D eigenvalue weighted by Crippen LogP contribution is -2.26. The molecule has 1 aliphatic carbocycles. The maximum atomic E-state index is 12.4. The molecule has 1 saturated carbocycles. The summed E-state index contributed by atoms with van der Waals surface area (Å²) in [6.45, 7) is 7.83. The van der Waals surface area contributed by atoms with Gasteiger partial charge in [-0.2, -0.15) is 5.10 Å². The van der Waals surface area contributed by atoms with Crippen molar-refractivity contribution in [2.24, 2.45) is 0 Å². The summed E-state index contributed by atoms with van der Waals surface area (Å²) in [5.41, 5.74) is 3.16. The number of urea groups is 1. The summed E-state index contributed by atoms with van der Waals surface area (Å²) < 4.78 is 1.87. The highest BCUT2D eigenvalue weighted by Gasteiger charge is 2.25. The zero-order chi connectivity index (χ0) is 19.7. The summed E-state index contributed by atoms with van der Waals surface area (Å²) in [6.07, 6.45) is 1.99. The largest absolute Gasteiger partial charge is 0.349 e. The fourth-order valence-corrected chi connectivity index (χ4v) is 3.09. The molecule has 0 bridgehead atoms. The van der Waals surface area contributed by atoms with Gasteiger partial charge in [0.1, 0.15) is 0 Å². The highest BCUT2D eigenvalue weighted by atomic mass is 35.5. The molecule has 1 heterocycles. The molecule has 0 aliphatic heterocycles. The third-order valence-corrected chi connectivity index (χ3v) is 4.76. The zero-order valence-corrected chi connectivity index (χ0v) is 16.6. The molecule has 1 aliphatic rings. The van der Waals surface area contributed by atoms with E-state index in [0.717, 1.165) is 24.2 Å². The van der Waals surface area contributed by atoms with E-state index in [0.29, 0.717) is 22.0 Å². The number of rotatable bonds is 5. The van der Waals surface area contributed by atoms with Crippen molar-refractivity contribution in [3.63, 3.8) is 0 Å². The molecule has 3 rings (SSSR count). The molecular formula is C19H24ClN5O2. The molecule has 3 amide bonds. The van der Waals surface area contributed by atoms with Gasteiger partial charge in [-0.15, -0.1) is 0 Å². The van der Waals surface area contributed by atoms with Gasteiger partial charge in [0.25, 0.3) is 5.91 Å². The quantitative estimate of drug-likeness (QED) is 0.713. The van der Waals surface area contributed by atoms with Gasteiger partial charge in [-0.05, 0) is 58.7 Å². The van der Waals surface area contributed by atoms with Gasteiger partial charge in [0, 0.05) is 17.8 Å². The lowest BCUT2D eigenvalue weighted by Gasteiger charge is -2.12. The lowest BCUT2D eigenvalue weighted by molar-refractivity contribution is 0.0951. The van der Waals surface area contributed by atoms with Crippen molar-refractivity contribution >= 4 is 34.9 Å². The molecule has 0 radical (unpaired) electrons. The van der Waals surface area contributed by atoms with E-state index in [9.17, 15) is 9.59 Å². The van der Waals surface area contributed by atoms with Crippen molar-refractivity contribution in [3.8, 4) is 0 Å². The fraction of sp³-hybridized carbons (Fsp3) is 0.421. The number of hydrogen-bond acceptors (Lipinski definition) is 3. The molecule has 0 unspecified atom stereocenters. The maximum Gasteiger partial charge on any atom is 0.323 e. The van der Waals surface area contributed by atoms with Crippen molar-refractivity contribution < 1.29 is 9.59 Å². The summed E-state index contributed by atoms with van der Waals surface area (Å²) in [6, 6.07) is 4.87. The molecule has 0 saturated heterocycles. The minimum atomic E-state index is -0.402. The number of hydrogen-bond donors (Lipinski definition) is 3. The summed E-state index contributed by atoms with van der Waals surface area (Å²) in [7, 11) is 0. The van der Waals surface area contributed by atoms with Crippen LogP contribution in [0.1, 0.15) is 54.5 Å². The number of nitrogens with zero attached hydrogens (tertiary/aromatic N) is 2. The smallest absolute Gasteiger partial charge is 0.323 e. The number of carbonyl (C=O) groups excluding carboxylic acids is 2. The van der Waals surface area contributed by atoms with E-state index < -0.39 is 6.03 Å². The number of nitrogens with one attached hydrogen (secondary N) is 3. The second-order valence-electron chi connectivity index (χ2n) is 7.11. The molecule has 27 heavy (non-hydrogen) atoms. The SMILES string of the molecule is Cc1nn(C(C)C)c(C)c1NC(=O)Nc1ccc(Cl)c(C(=O)NC2CC2)c1. The minimum Gasteiger partial charge on any atom is -0.349 e. The Hall–Kier alpha value is -2.54. The first kappa shape index (κ1) is 19.2. The Balaban J connectivity index is 1.72. The summed E-state index contributed by atoms with van der Waals surface area (Å²) in [5.74, 6) is -0.226. The number of benzene rings is 1. The van der Waals surface area contributed by atoms with E-state index in [1.165, 1.54) is 0 Å². The normalized spacial score (nSPS) is 13.6. The Labute approximate surface area is 163 Å². The Bertz CT molecular complexity index is 886. The fourth-order valence-electron chi connectivity index (χ4n) is 2.89. The van der Waals surface area contributed by atoms with Crippen molar-refractivity contribution in [1.29, 1.82) is 0 Å². The Kier molecular flexibility index (Phi) is 5.41. The molecule has 8 heteroatoms.